The number of aryl methyl sites for hydroxylation is 2. The average molecular weight is 417 g/mol. The highest BCUT2D eigenvalue weighted by atomic mass is 32.2. The van der Waals surface area contributed by atoms with E-state index in [1.54, 1.807) is 37.3 Å². The summed E-state index contributed by atoms with van der Waals surface area (Å²) in [5, 5.41) is 2.90. The van der Waals surface area contributed by atoms with E-state index in [9.17, 15) is 13.2 Å². The number of nitrogens with zero attached hydrogens (tertiary/aromatic N) is 1. The zero-order valence-corrected chi connectivity index (χ0v) is 18.0. The molecule has 2 aromatic carbocycles. The second-order valence-corrected chi connectivity index (χ2v) is 9.32. The summed E-state index contributed by atoms with van der Waals surface area (Å²) in [5.41, 5.74) is 2.29. The second-order valence-electron chi connectivity index (χ2n) is 7.42. The minimum Gasteiger partial charge on any atom is -0.494 e. The molecule has 156 valence electrons. The molecule has 1 amide bonds. The van der Waals surface area contributed by atoms with Gasteiger partial charge in [-0.3, -0.25) is 4.79 Å². The summed E-state index contributed by atoms with van der Waals surface area (Å²) >= 11 is 0. The number of anilines is 1. The highest BCUT2D eigenvalue weighted by Crippen LogP contribution is 2.27. The summed E-state index contributed by atoms with van der Waals surface area (Å²) in [5.74, 6) is 0.208. The zero-order valence-electron chi connectivity index (χ0n) is 17.1. The van der Waals surface area contributed by atoms with E-state index in [0.29, 0.717) is 36.6 Å². The molecular formula is C22H28N2O4S. The van der Waals surface area contributed by atoms with Gasteiger partial charge in [-0.1, -0.05) is 12.1 Å². The Kier molecular flexibility index (Phi) is 6.59. The zero-order chi connectivity index (χ0) is 21.0. The van der Waals surface area contributed by atoms with Gasteiger partial charge in [0.1, 0.15) is 5.75 Å². The van der Waals surface area contributed by atoms with Gasteiger partial charge in [0.05, 0.1) is 17.4 Å². The normalized spacial score (nSPS) is 17.7. The van der Waals surface area contributed by atoms with Crippen LogP contribution < -0.4 is 10.1 Å². The molecule has 0 radical (unpaired) electrons. The predicted molar refractivity (Wildman–Crippen MR) is 114 cm³/mol. The van der Waals surface area contributed by atoms with E-state index in [1.165, 1.54) is 4.31 Å². The summed E-state index contributed by atoms with van der Waals surface area (Å²) in [6, 6.07) is 12.6. The number of carbonyl (C=O) groups is 1. The first-order valence-electron chi connectivity index (χ1n) is 9.92. The van der Waals surface area contributed by atoms with Crippen LogP contribution in [0.2, 0.25) is 0 Å². The molecule has 1 fully saturated rings. The Balaban J connectivity index is 1.71. The summed E-state index contributed by atoms with van der Waals surface area (Å²) in [7, 11) is -3.63. The topological polar surface area (TPSA) is 75.7 Å². The third kappa shape index (κ3) is 4.97. The lowest BCUT2D eigenvalue weighted by atomic mass is 9.99. The van der Waals surface area contributed by atoms with E-state index in [2.05, 4.69) is 5.32 Å². The second kappa shape index (κ2) is 8.97. The maximum Gasteiger partial charge on any atom is 0.243 e. The lowest BCUT2D eigenvalue weighted by molar-refractivity contribution is -0.120. The fourth-order valence-corrected chi connectivity index (χ4v) is 5.38. The van der Waals surface area contributed by atoms with Crippen molar-refractivity contribution in [1.82, 2.24) is 4.31 Å². The number of hydrogen-bond donors (Lipinski definition) is 1. The molecule has 1 aliphatic heterocycles. The molecule has 1 aliphatic rings. The molecule has 29 heavy (non-hydrogen) atoms. The molecule has 0 spiro atoms. The van der Waals surface area contributed by atoms with Crippen molar-refractivity contribution in [2.75, 3.05) is 25.0 Å². The van der Waals surface area contributed by atoms with Crippen LogP contribution >= 0.6 is 0 Å². The Morgan fingerprint density at radius 2 is 1.90 bits per heavy atom. The maximum absolute atomic E-state index is 13.2. The van der Waals surface area contributed by atoms with E-state index in [4.69, 9.17) is 4.74 Å². The largest absolute Gasteiger partial charge is 0.494 e. The molecule has 1 heterocycles. The van der Waals surface area contributed by atoms with Crippen molar-refractivity contribution in [2.45, 2.75) is 38.5 Å². The van der Waals surface area contributed by atoms with E-state index < -0.39 is 10.0 Å². The monoisotopic (exact) mass is 416 g/mol. The quantitative estimate of drug-likeness (QED) is 0.778. The fourth-order valence-electron chi connectivity index (χ4n) is 3.54. The van der Waals surface area contributed by atoms with Gasteiger partial charge in [0.25, 0.3) is 0 Å². The van der Waals surface area contributed by atoms with Gasteiger partial charge in [-0.15, -0.1) is 0 Å². The number of piperidine rings is 1. The molecule has 7 heteroatoms. The van der Waals surface area contributed by atoms with Crippen molar-refractivity contribution in [3.63, 3.8) is 0 Å². The van der Waals surface area contributed by atoms with Crippen molar-refractivity contribution in [1.29, 1.82) is 0 Å². The summed E-state index contributed by atoms with van der Waals surface area (Å²) in [6.07, 6.45) is 1.33. The minimum atomic E-state index is -3.63. The van der Waals surface area contributed by atoms with Gasteiger partial charge in [0, 0.05) is 18.8 Å². The van der Waals surface area contributed by atoms with Crippen molar-refractivity contribution in [3.8, 4) is 5.75 Å². The molecule has 0 aliphatic carbocycles. The van der Waals surface area contributed by atoms with Gasteiger partial charge in [-0.25, -0.2) is 8.42 Å². The Hall–Kier alpha value is -2.38. The summed E-state index contributed by atoms with van der Waals surface area (Å²) < 4.78 is 33.2. The molecular weight excluding hydrogens is 388 g/mol. The number of nitrogens with one attached hydrogen (secondary N) is 1. The number of sulfonamides is 1. The first kappa shape index (κ1) is 21.3. The number of benzene rings is 2. The van der Waals surface area contributed by atoms with Crippen LogP contribution in [-0.2, 0) is 14.8 Å². The maximum atomic E-state index is 13.2. The van der Waals surface area contributed by atoms with E-state index in [1.807, 2.05) is 26.0 Å². The van der Waals surface area contributed by atoms with Crippen molar-refractivity contribution >= 4 is 21.6 Å². The highest BCUT2D eigenvalue weighted by Gasteiger charge is 2.34. The molecule has 1 atom stereocenters. The standard InChI is InChI=1S/C22H28N2O4S/c1-4-28-20-11-9-19(10-12-20)23-22(25)18-6-5-13-24(15-18)29(26,27)21-14-16(2)7-8-17(21)3/h7-12,14,18H,4-6,13,15H2,1-3H3,(H,23,25). The number of amides is 1. The smallest absolute Gasteiger partial charge is 0.243 e. The van der Waals surface area contributed by atoms with Crippen LogP contribution in [0.25, 0.3) is 0 Å². The van der Waals surface area contributed by atoms with Crippen LogP contribution in [0.1, 0.15) is 30.9 Å². The van der Waals surface area contributed by atoms with Crippen LogP contribution in [0.15, 0.2) is 47.4 Å². The molecule has 1 saturated heterocycles. The predicted octanol–water partition coefficient (Wildman–Crippen LogP) is 3.74. The number of rotatable bonds is 6. The minimum absolute atomic E-state index is 0.157. The van der Waals surface area contributed by atoms with Crippen molar-refractivity contribution in [3.05, 3.63) is 53.6 Å². The van der Waals surface area contributed by atoms with Crippen LogP contribution in [-0.4, -0.2) is 38.3 Å². The van der Waals surface area contributed by atoms with E-state index in [0.717, 1.165) is 16.9 Å². The molecule has 0 saturated carbocycles. The Morgan fingerprint density at radius 1 is 1.17 bits per heavy atom. The lowest BCUT2D eigenvalue weighted by Crippen LogP contribution is -2.43. The van der Waals surface area contributed by atoms with Crippen molar-refractivity contribution < 1.29 is 17.9 Å². The van der Waals surface area contributed by atoms with Crippen LogP contribution in [0.4, 0.5) is 5.69 Å². The molecule has 0 aromatic heterocycles. The molecule has 2 aromatic rings. The average Bonchev–Trinajstić information content (AvgIpc) is 2.71. The Labute approximate surface area is 172 Å². The third-order valence-corrected chi connectivity index (χ3v) is 7.16. The molecule has 0 bridgehead atoms. The van der Waals surface area contributed by atoms with Crippen LogP contribution in [0, 0.1) is 19.8 Å². The molecule has 1 unspecified atom stereocenters. The van der Waals surface area contributed by atoms with Gasteiger partial charge in [0.15, 0.2) is 0 Å². The fraction of sp³-hybridized carbons (Fsp3) is 0.409. The molecule has 1 N–H and O–H groups in total. The summed E-state index contributed by atoms with van der Waals surface area (Å²) in [6.45, 7) is 6.80. The number of hydrogen-bond acceptors (Lipinski definition) is 4. The van der Waals surface area contributed by atoms with Gasteiger partial charge in [0.2, 0.25) is 15.9 Å². The molecule has 6 nitrogen and oxygen atoms in total. The van der Waals surface area contributed by atoms with Gasteiger partial charge >= 0.3 is 0 Å². The van der Waals surface area contributed by atoms with Crippen molar-refractivity contribution in [2.24, 2.45) is 5.92 Å². The highest BCUT2D eigenvalue weighted by molar-refractivity contribution is 7.89. The van der Waals surface area contributed by atoms with Gasteiger partial charge < -0.3 is 10.1 Å². The number of ether oxygens (including phenoxy) is 1. The Bertz CT molecular complexity index is 971. The van der Waals surface area contributed by atoms with Crippen LogP contribution in [0.5, 0.6) is 5.75 Å². The van der Waals surface area contributed by atoms with Crippen LogP contribution in [0.3, 0.4) is 0 Å². The third-order valence-electron chi connectivity index (χ3n) is 5.15. The lowest BCUT2D eigenvalue weighted by Gasteiger charge is -2.31. The van der Waals surface area contributed by atoms with Gasteiger partial charge in [-0.05, 0) is 75.1 Å². The Morgan fingerprint density at radius 3 is 2.59 bits per heavy atom. The first-order chi connectivity index (χ1) is 13.8. The van der Waals surface area contributed by atoms with Gasteiger partial charge in [-0.2, -0.15) is 4.31 Å². The van der Waals surface area contributed by atoms with E-state index >= 15 is 0 Å². The molecule has 3 rings (SSSR count). The first-order valence-corrected chi connectivity index (χ1v) is 11.4. The summed E-state index contributed by atoms with van der Waals surface area (Å²) in [4.78, 5) is 13.1. The SMILES string of the molecule is CCOc1ccc(NC(=O)C2CCCN(S(=O)(=O)c3cc(C)ccc3C)C2)cc1. The van der Waals surface area contributed by atoms with E-state index in [-0.39, 0.29) is 18.4 Å². The number of carbonyl (C=O) groups excluding carboxylic acids is 1.